The lowest BCUT2D eigenvalue weighted by Crippen LogP contribution is -2.44. The van der Waals surface area contributed by atoms with Crippen molar-refractivity contribution in [3.63, 3.8) is 0 Å². The van der Waals surface area contributed by atoms with Crippen molar-refractivity contribution < 1.29 is 14.7 Å². The molecule has 0 fully saturated rings. The van der Waals surface area contributed by atoms with Crippen LogP contribution in [0.5, 0.6) is 0 Å². The predicted molar refractivity (Wildman–Crippen MR) is 78.6 cm³/mol. The number of benzene rings is 1. The van der Waals surface area contributed by atoms with Crippen molar-refractivity contribution in [1.82, 2.24) is 5.32 Å². The molecule has 4 nitrogen and oxygen atoms in total. The van der Waals surface area contributed by atoms with Crippen molar-refractivity contribution in [3.8, 4) is 0 Å². The molecule has 0 aliphatic heterocycles. The number of hydrogen-bond donors (Lipinski definition) is 2. The van der Waals surface area contributed by atoms with Crippen LogP contribution in [0.1, 0.15) is 44.2 Å². The van der Waals surface area contributed by atoms with Crippen molar-refractivity contribution in [2.45, 2.75) is 46.1 Å². The maximum Gasteiger partial charge on any atom is 0.326 e. The van der Waals surface area contributed by atoms with Gasteiger partial charge < -0.3 is 10.4 Å². The van der Waals surface area contributed by atoms with Crippen molar-refractivity contribution in [2.75, 3.05) is 0 Å². The van der Waals surface area contributed by atoms with Crippen molar-refractivity contribution in [3.05, 3.63) is 35.4 Å². The molecule has 20 heavy (non-hydrogen) atoms. The Morgan fingerprint density at radius 1 is 1.20 bits per heavy atom. The highest BCUT2D eigenvalue weighted by atomic mass is 16.4. The van der Waals surface area contributed by atoms with Gasteiger partial charge in [-0.2, -0.15) is 0 Å². The van der Waals surface area contributed by atoms with Crippen LogP contribution in [0.2, 0.25) is 0 Å². The monoisotopic (exact) mass is 277 g/mol. The second kappa shape index (κ2) is 7.08. The van der Waals surface area contributed by atoms with E-state index in [1.165, 1.54) is 0 Å². The van der Waals surface area contributed by atoms with Crippen LogP contribution in [0, 0.1) is 12.8 Å². The molecule has 2 atom stereocenters. The Morgan fingerprint density at radius 2 is 1.80 bits per heavy atom. The molecule has 0 saturated heterocycles. The summed E-state index contributed by atoms with van der Waals surface area (Å²) in [6.07, 6.45) is 0.293. The summed E-state index contributed by atoms with van der Waals surface area (Å²) in [5.74, 6) is -1.28. The number of carbonyl (C=O) groups is 2. The molecule has 1 aromatic carbocycles. The summed E-state index contributed by atoms with van der Waals surface area (Å²) in [5.41, 5.74) is 2.27. The lowest BCUT2D eigenvalue weighted by atomic mass is 9.93. The highest BCUT2D eigenvalue weighted by Gasteiger charge is 2.24. The molecule has 0 saturated carbocycles. The zero-order valence-electron chi connectivity index (χ0n) is 12.5. The Kier molecular flexibility index (Phi) is 5.74. The van der Waals surface area contributed by atoms with Gasteiger partial charge in [-0.05, 0) is 29.9 Å². The Morgan fingerprint density at radius 3 is 2.30 bits per heavy atom. The minimum atomic E-state index is -0.989. The second-order valence-electron chi connectivity index (χ2n) is 5.59. The van der Waals surface area contributed by atoms with Crippen LogP contribution in [0.3, 0.4) is 0 Å². The quantitative estimate of drug-likeness (QED) is 0.840. The smallest absolute Gasteiger partial charge is 0.326 e. The van der Waals surface area contributed by atoms with E-state index < -0.39 is 12.0 Å². The maximum atomic E-state index is 12.0. The van der Waals surface area contributed by atoms with Gasteiger partial charge in [0.05, 0.1) is 0 Å². The standard InChI is InChI=1S/C16H23NO3/c1-10(2)15(16(19)20)17-14(18)9-12(4)13-8-6-5-7-11(13)3/h5-8,10,12,15H,9H2,1-4H3,(H,17,18)(H,19,20)/t12?,15-/m0/s1. The van der Waals surface area contributed by atoms with Crippen LogP contribution in [-0.2, 0) is 9.59 Å². The van der Waals surface area contributed by atoms with E-state index in [4.69, 9.17) is 5.11 Å². The molecule has 4 heteroatoms. The van der Waals surface area contributed by atoms with Gasteiger partial charge >= 0.3 is 5.97 Å². The number of nitrogens with one attached hydrogen (secondary N) is 1. The van der Waals surface area contributed by atoms with Crippen LogP contribution >= 0.6 is 0 Å². The van der Waals surface area contributed by atoms with E-state index in [0.29, 0.717) is 6.42 Å². The van der Waals surface area contributed by atoms with Crippen molar-refractivity contribution >= 4 is 11.9 Å². The van der Waals surface area contributed by atoms with Gasteiger partial charge in [-0.15, -0.1) is 0 Å². The Hall–Kier alpha value is -1.84. The summed E-state index contributed by atoms with van der Waals surface area (Å²) >= 11 is 0. The molecule has 0 aromatic heterocycles. The van der Waals surface area contributed by atoms with Crippen molar-refractivity contribution in [1.29, 1.82) is 0 Å². The zero-order chi connectivity index (χ0) is 15.3. The number of aryl methyl sites for hydroxylation is 1. The first kappa shape index (κ1) is 16.2. The third-order valence-electron chi connectivity index (χ3n) is 3.46. The number of aliphatic carboxylic acids is 1. The van der Waals surface area contributed by atoms with Crippen molar-refractivity contribution in [2.24, 2.45) is 5.92 Å². The Balaban J connectivity index is 2.67. The van der Waals surface area contributed by atoms with E-state index in [0.717, 1.165) is 11.1 Å². The van der Waals surface area contributed by atoms with Crippen LogP contribution in [-0.4, -0.2) is 23.0 Å². The number of hydrogen-bond acceptors (Lipinski definition) is 2. The third-order valence-corrected chi connectivity index (χ3v) is 3.46. The molecule has 2 N–H and O–H groups in total. The second-order valence-corrected chi connectivity index (χ2v) is 5.59. The predicted octanol–water partition coefficient (Wildman–Crippen LogP) is 2.71. The fraction of sp³-hybridized carbons (Fsp3) is 0.500. The van der Waals surface area contributed by atoms with E-state index in [1.807, 2.05) is 38.1 Å². The van der Waals surface area contributed by atoms with Crippen LogP contribution in [0.15, 0.2) is 24.3 Å². The highest BCUT2D eigenvalue weighted by molar-refractivity contribution is 5.84. The van der Waals surface area contributed by atoms with Gasteiger partial charge in [-0.3, -0.25) is 4.79 Å². The molecule has 0 aliphatic carbocycles. The number of carboxylic acid groups (broad SMARTS) is 1. The minimum absolute atomic E-state index is 0.0674. The van der Waals surface area contributed by atoms with E-state index in [-0.39, 0.29) is 17.7 Å². The van der Waals surface area contributed by atoms with Gasteiger partial charge in [-0.25, -0.2) is 4.79 Å². The minimum Gasteiger partial charge on any atom is -0.480 e. The SMILES string of the molecule is Cc1ccccc1C(C)CC(=O)N[C@H](C(=O)O)C(C)C. The maximum absolute atomic E-state index is 12.0. The summed E-state index contributed by atoms with van der Waals surface area (Å²) in [7, 11) is 0. The van der Waals surface area contributed by atoms with Crippen LogP contribution in [0.25, 0.3) is 0 Å². The number of rotatable bonds is 6. The highest BCUT2D eigenvalue weighted by Crippen LogP contribution is 2.22. The number of carbonyl (C=O) groups excluding carboxylic acids is 1. The molecular formula is C16H23NO3. The molecule has 0 bridgehead atoms. The fourth-order valence-corrected chi connectivity index (χ4v) is 2.27. The first-order valence-electron chi connectivity index (χ1n) is 6.90. The summed E-state index contributed by atoms with van der Waals surface area (Å²) in [6.45, 7) is 7.55. The van der Waals surface area contributed by atoms with E-state index >= 15 is 0 Å². The lowest BCUT2D eigenvalue weighted by Gasteiger charge is -2.20. The molecule has 1 rings (SSSR count). The first-order chi connectivity index (χ1) is 9.32. The molecule has 1 unspecified atom stereocenters. The molecule has 1 amide bonds. The lowest BCUT2D eigenvalue weighted by molar-refractivity contribution is -0.143. The van der Waals surface area contributed by atoms with Gasteiger partial charge in [0.1, 0.15) is 6.04 Å². The van der Waals surface area contributed by atoms with Gasteiger partial charge in [0.15, 0.2) is 0 Å². The topological polar surface area (TPSA) is 66.4 Å². The summed E-state index contributed by atoms with van der Waals surface area (Å²) < 4.78 is 0. The summed E-state index contributed by atoms with van der Waals surface area (Å²) in [6, 6.07) is 7.10. The Bertz CT molecular complexity index is 482. The molecule has 0 heterocycles. The first-order valence-corrected chi connectivity index (χ1v) is 6.90. The summed E-state index contributed by atoms with van der Waals surface area (Å²) in [4.78, 5) is 23.1. The summed E-state index contributed by atoms with van der Waals surface area (Å²) in [5, 5.41) is 11.7. The van der Waals surface area contributed by atoms with E-state index in [2.05, 4.69) is 5.32 Å². The Labute approximate surface area is 120 Å². The molecule has 0 radical (unpaired) electrons. The number of amides is 1. The largest absolute Gasteiger partial charge is 0.480 e. The van der Waals surface area contributed by atoms with E-state index in [1.54, 1.807) is 13.8 Å². The number of carboxylic acids is 1. The van der Waals surface area contributed by atoms with Crippen LogP contribution < -0.4 is 5.32 Å². The zero-order valence-corrected chi connectivity index (χ0v) is 12.5. The van der Waals surface area contributed by atoms with Gasteiger partial charge in [0, 0.05) is 6.42 Å². The molecular weight excluding hydrogens is 254 g/mol. The van der Waals surface area contributed by atoms with Gasteiger partial charge in [0.25, 0.3) is 0 Å². The molecule has 0 aliphatic rings. The normalized spacial score (nSPS) is 13.8. The van der Waals surface area contributed by atoms with Gasteiger partial charge in [0.2, 0.25) is 5.91 Å². The average Bonchev–Trinajstić information content (AvgIpc) is 2.35. The third kappa shape index (κ3) is 4.37. The molecule has 0 spiro atoms. The fourth-order valence-electron chi connectivity index (χ4n) is 2.27. The van der Waals surface area contributed by atoms with E-state index in [9.17, 15) is 9.59 Å². The van der Waals surface area contributed by atoms with Gasteiger partial charge in [-0.1, -0.05) is 45.0 Å². The van der Waals surface area contributed by atoms with Crippen LogP contribution in [0.4, 0.5) is 0 Å². The molecule has 1 aromatic rings. The molecule has 110 valence electrons. The average molecular weight is 277 g/mol.